The SMILES string of the molecule is Nc1nc2cc(N)c3oc(-c4ccccc4)cc(=O)c3c2s1. The minimum Gasteiger partial charge on any atom is -0.454 e. The second-order valence-electron chi connectivity index (χ2n) is 4.91. The average Bonchev–Trinajstić information content (AvgIpc) is 2.88. The minimum absolute atomic E-state index is 0.152. The highest BCUT2D eigenvalue weighted by Crippen LogP contribution is 2.34. The molecular formula is C16H11N3O2S. The van der Waals surface area contributed by atoms with Crippen molar-refractivity contribution in [3.63, 3.8) is 0 Å². The Balaban J connectivity index is 2.13. The summed E-state index contributed by atoms with van der Waals surface area (Å²) in [5.41, 5.74) is 13.8. The molecule has 0 saturated carbocycles. The molecule has 0 fully saturated rings. The first-order valence-electron chi connectivity index (χ1n) is 6.61. The van der Waals surface area contributed by atoms with Crippen LogP contribution in [0.15, 0.2) is 51.7 Å². The number of fused-ring (bicyclic) bond motifs is 3. The van der Waals surface area contributed by atoms with E-state index in [1.54, 1.807) is 6.07 Å². The Morgan fingerprint density at radius 1 is 1.09 bits per heavy atom. The van der Waals surface area contributed by atoms with Gasteiger partial charge in [0.15, 0.2) is 16.1 Å². The zero-order valence-corrected chi connectivity index (χ0v) is 12.2. The van der Waals surface area contributed by atoms with Gasteiger partial charge in [-0.25, -0.2) is 4.98 Å². The predicted octanol–water partition coefficient (Wildman–Crippen LogP) is 3.23. The molecule has 0 radical (unpaired) electrons. The summed E-state index contributed by atoms with van der Waals surface area (Å²) in [5, 5.41) is 0.831. The molecule has 0 atom stereocenters. The van der Waals surface area contributed by atoms with Gasteiger partial charge in [-0.3, -0.25) is 4.79 Å². The van der Waals surface area contributed by atoms with Gasteiger partial charge in [-0.05, 0) is 6.07 Å². The summed E-state index contributed by atoms with van der Waals surface area (Å²) >= 11 is 1.26. The van der Waals surface area contributed by atoms with Gasteiger partial charge >= 0.3 is 0 Å². The van der Waals surface area contributed by atoms with E-state index in [1.165, 1.54) is 17.4 Å². The first-order valence-corrected chi connectivity index (χ1v) is 7.43. The molecule has 0 saturated heterocycles. The summed E-state index contributed by atoms with van der Waals surface area (Å²) in [4.78, 5) is 16.8. The van der Waals surface area contributed by atoms with Gasteiger partial charge in [-0.15, -0.1) is 0 Å². The third-order valence-corrected chi connectivity index (χ3v) is 4.38. The van der Waals surface area contributed by atoms with Crippen LogP contribution in [0, 0.1) is 0 Å². The maximum atomic E-state index is 12.6. The lowest BCUT2D eigenvalue weighted by Gasteiger charge is -2.05. The fourth-order valence-corrected chi connectivity index (χ4v) is 3.35. The van der Waals surface area contributed by atoms with E-state index < -0.39 is 0 Å². The summed E-state index contributed by atoms with van der Waals surface area (Å²) in [6.45, 7) is 0. The van der Waals surface area contributed by atoms with Crippen LogP contribution in [-0.4, -0.2) is 4.98 Å². The Hall–Kier alpha value is -2.86. The lowest BCUT2D eigenvalue weighted by molar-refractivity contribution is 0.621. The Morgan fingerprint density at radius 2 is 1.86 bits per heavy atom. The highest BCUT2D eigenvalue weighted by atomic mass is 32.1. The normalized spacial score (nSPS) is 11.3. The molecule has 0 bridgehead atoms. The molecule has 4 rings (SSSR count). The maximum Gasteiger partial charge on any atom is 0.194 e. The summed E-state index contributed by atoms with van der Waals surface area (Å²) in [6.07, 6.45) is 0. The topological polar surface area (TPSA) is 95.1 Å². The summed E-state index contributed by atoms with van der Waals surface area (Å²) < 4.78 is 6.59. The second kappa shape index (κ2) is 4.57. The Labute approximate surface area is 128 Å². The predicted molar refractivity (Wildman–Crippen MR) is 89.9 cm³/mol. The van der Waals surface area contributed by atoms with Crippen molar-refractivity contribution in [2.75, 3.05) is 11.5 Å². The van der Waals surface area contributed by atoms with Crippen molar-refractivity contribution < 1.29 is 4.42 Å². The van der Waals surface area contributed by atoms with E-state index in [9.17, 15) is 4.79 Å². The molecule has 0 aliphatic carbocycles. The fraction of sp³-hybridized carbons (Fsp3) is 0. The minimum atomic E-state index is -0.152. The fourth-order valence-electron chi connectivity index (χ4n) is 2.50. The van der Waals surface area contributed by atoms with Crippen molar-refractivity contribution in [3.05, 3.63) is 52.7 Å². The zero-order chi connectivity index (χ0) is 15.3. The van der Waals surface area contributed by atoms with Crippen LogP contribution in [0.25, 0.3) is 32.5 Å². The highest BCUT2D eigenvalue weighted by Gasteiger charge is 2.15. The number of hydrogen-bond acceptors (Lipinski definition) is 6. The van der Waals surface area contributed by atoms with E-state index >= 15 is 0 Å². The number of hydrogen-bond donors (Lipinski definition) is 2. The molecule has 2 aromatic carbocycles. The Kier molecular flexibility index (Phi) is 2.67. The number of anilines is 2. The van der Waals surface area contributed by atoms with E-state index in [2.05, 4.69) is 4.98 Å². The van der Waals surface area contributed by atoms with Crippen LogP contribution in [0.1, 0.15) is 0 Å². The molecule has 0 spiro atoms. The smallest absolute Gasteiger partial charge is 0.194 e. The Morgan fingerprint density at radius 3 is 2.64 bits per heavy atom. The molecular weight excluding hydrogens is 298 g/mol. The molecule has 0 aliphatic rings. The molecule has 2 heterocycles. The number of nitrogens with zero attached hydrogens (tertiary/aromatic N) is 1. The number of thiazole rings is 1. The number of nitrogens with two attached hydrogens (primary N) is 2. The van der Waals surface area contributed by atoms with Crippen LogP contribution >= 0.6 is 11.3 Å². The van der Waals surface area contributed by atoms with Crippen molar-refractivity contribution in [2.45, 2.75) is 0 Å². The van der Waals surface area contributed by atoms with Crippen molar-refractivity contribution >= 4 is 43.3 Å². The van der Waals surface area contributed by atoms with Crippen LogP contribution in [0.5, 0.6) is 0 Å². The summed E-state index contributed by atoms with van der Waals surface area (Å²) in [7, 11) is 0. The van der Waals surface area contributed by atoms with E-state index in [1.807, 2.05) is 30.3 Å². The molecule has 108 valence electrons. The van der Waals surface area contributed by atoms with Gasteiger partial charge in [0, 0.05) is 11.6 Å². The van der Waals surface area contributed by atoms with E-state index in [0.29, 0.717) is 37.8 Å². The van der Waals surface area contributed by atoms with Gasteiger partial charge in [0.25, 0.3) is 0 Å². The van der Waals surface area contributed by atoms with Gasteiger partial charge in [-0.1, -0.05) is 41.7 Å². The third-order valence-electron chi connectivity index (χ3n) is 3.46. The molecule has 0 aliphatic heterocycles. The van der Waals surface area contributed by atoms with Gasteiger partial charge in [0.05, 0.1) is 21.3 Å². The van der Waals surface area contributed by atoms with E-state index in [0.717, 1.165) is 5.56 Å². The molecule has 2 aromatic heterocycles. The van der Waals surface area contributed by atoms with Gasteiger partial charge < -0.3 is 15.9 Å². The van der Waals surface area contributed by atoms with Crippen LogP contribution in [-0.2, 0) is 0 Å². The standard InChI is InChI=1S/C16H11N3O2S/c17-9-6-10-15(22-16(18)19-10)13-11(20)7-12(21-14(9)13)8-4-2-1-3-5-8/h1-7H,17H2,(H2,18,19). The zero-order valence-electron chi connectivity index (χ0n) is 11.4. The number of nitrogen functional groups attached to an aromatic ring is 2. The summed E-state index contributed by atoms with van der Waals surface area (Å²) in [5.74, 6) is 0.488. The Bertz CT molecular complexity index is 1070. The third kappa shape index (κ3) is 1.85. The van der Waals surface area contributed by atoms with Crippen molar-refractivity contribution in [1.29, 1.82) is 0 Å². The van der Waals surface area contributed by atoms with Gasteiger partial charge in [0.2, 0.25) is 0 Å². The average molecular weight is 309 g/mol. The lowest BCUT2D eigenvalue weighted by atomic mass is 10.1. The number of aromatic nitrogens is 1. The van der Waals surface area contributed by atoms with Crippen molar-refractivity contribution in [1.82, 2.24) is 4.98 Å². The van der Waals surface area contributed by atoms with E-state index in [-0.39, 0.29) is 5.43 Å². The lowest BCUT2D eigenvalue weighted by Crippen LogP contribution is -2.02. The first-order chi connectivity index (χ1) is 10.6. The highest BCUT2D eigenvalue weighted by molar-refractivity contribution is 7.23. The number of benzene rings is 2. The van der Waals surface area contributed by atoms with Crippen LogP contribution < -0.4 is 16.9 Å². The monoisotopic (exact) mass is 309 g/mol. The number of rotatable bonds is 1. The maximum absolute atomic E-state index is 12.6. The molecule has 22 heavy (non-hydrogen) atoms. The van der Waals surface area contributed by atoms with E-state index in [4.69, 9.17) is 15.9 Å². The quantitative estimate of drug-likeness (QED) is 0.526. The molecule has 6 heteroatoms. The largest absolute Gasteiger partial charge is 0.454 e. The van der Waals surface area contributed by atoms with Crippen molar-refractivity contribution in [2.24, 2.45) is 0 Å². The molecule has 5 nitrogen and oxygen atoms in total. The van der Waals surface area contributed by atoms with Crippen LogP contribution in [0.3, 0.4) is 0 Å². The van der Waals surface area contributed by atoms with Gasteiger partial charge in [0.1, 0.15) is 5.76 Å². The first kappa shape index (κ1) is 12.8. The van der Waals surface area contributed by atoms with Crippen LogP contribution in [0.4, 0.5) is 10.8 Å². The second-order valence-corrected chi connectivity index (χ2v) is 5.94. The molecule has 4 N–H and O–H groups in total. The van der Waals surface area contributed by atoms with Gasteiger partial charge in [-0.2, -0.15) is 0 Å². The molecule has 0 unspecified atom stereocenters. The molecule has 4 aromatic rings. The van der Waals surface area contributed by atoms with Crippen molar-refractivity contribution in [3.8, 4) is 11.3 Å². The van der Waals surface area contributed by atoms with Crippen LogP contribution in [0.2, 0.25) is 0 Å². The molecule has 0 amide bonds. The summed E-state index contributed by atoms with van der Waals surface area (Å²) in [6, 6.07) is 12.6.